The fraction of sp³-hybridized carbons (Fsp3) is 0.429. The van der Waals surface area contributed by atoms with E-state index < -0.39 is 10.0 Å². The van der Waals surface area contributed by atoms with Crippen molar-refractivity contribution in [2.24, 2.45) is 4.40 Å². The first kappa shape index (κ1) is 16.0. The average molecular weight is 326 g/mol. The number of carbonyl (C=O) groups is 1. The summed E-state index contributed by atoms with van der Waals surface area (Å²) in [4.78, 5) is 13.7. The summed E-state index contributed by atoms with van der Waals surface area (Å²) in [5, 5.41) is 0.0341. The maximum absolute atomic E-state index is 12.3. The van der Waals surface area contributed by atoms with Gasteiger partial charge in [0.05, 0.1) is 10.1 Å². The van der Waals surface area contributed by atoms with E-state index in [1.165, 1.54) is 28.8 Å². The van der Waals surface area contributed by atoms with Crippen LogP contribution in [0.2, 0.25) is 0 Å². The molecule has 114 valence electrons. The van der Waals surface area contributed by atoms with Crippen LogP contribution in [0.5, 0.6) is 0 Å². The lowest BCUT2D eigenvalue weighted by Crippen LogP contribution is -2.32. The number of nitrogens with zero attached hydrogens (tertiary/aromatic N) is 2. The molecule has 1 aliphatic rings. The number of benzene rings is 1. The molecule has 0 unspecified atom stereocenters. The first-order chi connectivity index (χ1) is 9.89. The number of hydrogen-bond donors (Lipinski definition) is 0. The molecule has 0 spiro atoms. The molecule has 1 heterocycles. The third-order valence-corrected chi connectivity index (χ3v) is 5.96. The summed E-state index contributed by atoms with van der Waals surface area (Å²) in [7, 11) is -3.79. The SMILES string of the molecule is CC[C@H]1SC(=NS(=O)(=O)c2ccc(C)cc2)N(CC)C1=O. The number of sulfonamides is 1. The molecule has 0 saturated carbocycles. The third kappa shape index (κ3) is 3.29. The van der Waals surface area contributed by atoms with Gasteiger partial charge in [-0.25, -0.2) is 0 Å². The van der Waals surface area contributed by atoms with E-state index in [2.05, 4.69) is 4.40 Å². The fourth-order valence-corrected chi connectivity index (χ4v) is 4.35. The van der Waals surface area contributed by atoms with Crippen LogP contribution >= 0.6 is 11.8 Å². The molecule has 1 saturated heterocycles. The van der Waals surface area contributed by atoms with E-state index in [0.717, 1.165) is 5.56 Å². The van der Waals surface area contributed by atoms with Crippen molar-refractivity contribution >= 4 is 32.9 Å². The molecule has 1 aliphatic heterocycles. The Morgan fingerprint density at radius 3 is 2.38 bits per heavy atom. The number of amides is 1. The summed E-state index contributed by atoms with van der Waals surface area (Å²) in [6, 6.07) is 6.52. The van der Waals surface area contributed by atoms with Gasteiger partial charge in [-0.05, 0) is 32.4 Å². The van der Waals surface area contributed by atoms with Crippen LogP contribution in [0.4, 0.5) is 0 Å². The van der Waals surface area contributed by atoms with Gasteiger partial charge in [0.1, 0.15) is 0 Å². The summed E-state index contributed by atoms with van der Waals surface area (Å²) in [6.07, 6.45) is 0.656. The first-order valence-corrected chi connectivity index (χ1v) is 9.10. The molecule has 1 aromatic rings. The minimum Gasteiger partial charge on any atom is -0.290 e. The molecule has 5 nitrogen and oxygen atoms in total. The van der Waals surface area contributed by atoms with Crippen LogP contribution in [0.3, 0.4) is 0 Å². The molecule has 0 radical (unpaired) electrons. The van der Waals surface area contributed by atoms with E-state index >= 15 is 0 Å². The highest BCUT2D eigenvalue weighted by molar-refractivity contribution is 8.16. The van der Waals surface area contributed by atoms with E-state index in [0.29, 0.717) is 13.0 Å². The summed E-state index contributed by atoms with van der Waals surface area (Å²) in [5.74, 6) is -0.0668. The van der Waals surface area contributed by atoms with Crippen LogP contribution in [0, 0.1) is 6.92 Å². The largest absolute Gasteiger partial charge is 0.290 e. The Bertz CT molecular complexity index is 666. The van der Waals surface area contributed by atoms with E-state index in [-0.39, 0.29) is 21.2 Å². The normalized spacial score (nSPS) is 21.3. The molecule has 0 bridgehead atoms. The molecule has 2 rings (SSSR count). The van der Waals surface area contributed by atoms with Crippen LogP contribution in [-0.2, 0) is 14.8 Å². The van der Waals surface area contributed by atoms with Gasteiger partial charge >= 0.3 is 0 Å². The Labute approximate surface area is 129 Å². The van der Waals surface area contributed by atoms with Crippen LogP contribution in [0.1, 0.15) is 25.8 Å². The van der Waals surface area contributed by atoms with Gasteiger partial charge in [-0.3, -0.25) is 9.69 Å². The van der Waals surface area contributed by atoms with E-state index in [1.807, 2.05) is 20.8 Å². The molecule has 0 aliphatic carbocycles. The van der Waals surface area contributed by atoms with Gasteiger partial charge in [0.25, 0.3) is 10.0 Å². The predicted molar refractivity (Wildman–Crippen MR) is 84.9 cm³/mol. The molecule has 21 heavy (non-hydrogen) atoms. The Kier molecular flexibility index (Phi) is 4.73. The second-order valence-corrected chi connectivity index (χ2v) is 7.53. The lowest BCUT2D eigenvalue weighted by Gasteiger charge is -2.12. The molecule has 0 aromatic heterocycles. The van der Waals surface area contributed by atoms with E-state index in [4.69, 9.17) is 0 Å². The molecule has 0 N–H and O–H groups in total. The van der Waals surface area contributed by atoms with Crippen molar-refractivity contribution < 1.29 is 13.2 Å². The van der Waals surface area contributed by atoms with Crippen molar-refractivity contribution in [2.45, 2.75) is 37.3 Å². The Balaban J connectivity index is 2.37. The predicted octanol–water partition coefficient (Wildman–Crippen LogP) is 2.41. The van der Waals surface area contributed by atoms with Gasteiger partial charge in [-0.1, -0.05) is 36.4 Å². The lowest BCUT2D eigenvalue weighted by atomic mass is 10.2. The van der Waals surface area contributed by atoms with Gasteiger partial charge in [0.2, 0.25) is 5.91 Å². The highest BCUT2D eigenvalue weighted by Crippen LogP contribution is 2.30. The molecular formula is C14H18N2O3S2. The van der Waals surface area contributed by atoms with Crippen LogP contribution in [0.15, 0.2) is 33.6 Å². The number of amidine groups is 1. The molecule has 1 fully saturated rings. The first-order valence-electron chi connectivity index (χ1n) is 6.78. The Morgan fingerprint density at radius 1 is 1.24 bits per heavy atom. The number of rotatable bonds is 4. The molecule has 1 atom stereocenters. The summed E-state index contributed by atoms with van der Waals surface area (Å²) in [6.45, 7) is 6.02. The van der Waals surface area contributed by atoms with Crippen LogP contribution < -0.4 is 0 Å². The Hall–Kier alpha value is -1.34. The molecule has 1 aromatic carbocycles. The quantitative estimate of drug-likeness (QED) is 0.852. The number of carbonyl (C=O) groups excluding carboxylic acids is 1. The van der Waals surface area contributed by atoms with Crippen molar-refractivity contribution in [3.63, 3.8) is 0 Å². The summed E-state index contributed by atoms with van der Waals surface area (Å²) in [5.41, 5.74) is 0.980. The average Bonchev–Trinajstić information content (AvgIpc) is 2.74. The van der Waals surface area contributed by atoms with Crippen molar-refractivity contribution in [3.8, 4) is 0 Å². The second kappa shape index (κ2) is 6.19. The zero-order chi connectivity index (χ0) is 15.6. The topological polar surface area (TPSA) is 66.8 Å². The fourth-order valence-electron chi connectivity index (χ4n) is 1.99. The van der Waals surface area contributed by atoms with Gasteiger partial charge in [-0.15, -0.1) is 4.40 Å². The number of thioether (sulfide) groups is 1. The van der Waals surface area contributed by atoms with E-state index in [1.54, 1.807) is 12.1 Å². The maximum atomic E-state index is 12.3. The zero-order valence-electron chi connectivity index (χ0n) is 12.2. The minimum absolute atomic E-state index is 0.0668. The Morgan fingerprint density at radius 2 is 1.86 bits per heavy atom. The summed E-state index contributed by atoms with van der Waals surface area (Å²) < 4.78 is 28.5. The van der Waals surface area contributed by atoms with Crippen molar-refractivity contribution in [1.82, 2.24) is 4.90 Å². The van der Waals surface area contributed by atoms with Gasteiger partial charge in [0, 0.05) is 6.54 Å². The van der Waals surface area contributed by atoms with Gasteiger partial charge in [-0.2, -0.15) is 8.42 Å². The summed E-state index contributed by atoms with van der Waals surface area (Å²) >= 11 is 1.22. The zero-order valence-corrected chi connectivity index (χ0v) is 13.9. The molecule has 7 heteroatoms. The van der Waals surface area contributed by atoms with Crippen LogP contribution in [-0.4, -0.2) is 36.2 Å². The van der Waals surface area contributed by atoms with Crippen LogP contribution in [0.25, 0.3) is 0 Å². The van der Waals surface area contributed by atoms with Gasteiger partial charge in [0.15, 0.2) is 5.17 Å². The number of aryl methyl sites for hydroxylation is 1. The van der Waals surface area contributed by atoms with Crippen molar-refractivity contribution in [3.05, 3.63) is 29.8 Å². The highest BCUT2D eigenvalue weighted by Gasteiger charge is 2.37. The third-order valence-electron chi connectivity index (χ3n) is 3.22. The molecule has 1 amide bonds. The lowest BCUT2D eigenvalue weighted by molar-refractivity contribution is -0.126. The minimum atomic E-state index is -3.79. The standard InChI is InChI=1S/C14H18N2O3S2/c1-4-12-13(17)16(5-2)14(20-12)15-21(18,19)11-8-6-10(3)7-9-11/h6-9,12H,4-5H2,1-3H3/t12-/m1/s1. The number of hydrogen-bond acceptors (Lipinski definition) is 4. The monoisotopic (exact) mass is 326 g/mol. The second-order valence-electron chi connectivity index (χ2n) is 4.76. The van der Waals surface area contributed by atoms with Gasteiger partial charge < -0.3 is 0 Å². The highest BCUT2D eigenvalue weighted by atomic mass is 32.2. The van der Waals surface area contributed by atoms with E-state index in [9.17, 15) is 13.2 Å². The van der Waals surface area contributed by atoms with Crippen molar-refractivity contribution in [2.75, 3.05) is 6.54 Å². The van der Waals surface area contributed by atoms with Crippen molar-refractivity contribution in [1.29, 1.82) is 0 Å². The molecular weight excluding hydrogens is 308 g/mol. The maximum Gasteiger partial charge on any atom is 0.284 e. The smallest absolute Gasteiger partial charge is 0.284 e.